The summed E-state index contributed by atoms with van der Waals surface area (Å²) in [7, 11) is 1.53. The molecule has 0 unspecified atom stereocenters. The van der Waals surface area contributed by atoms with E-state index in [0.29, 0.717) is 6.01 Å². The second-order valence-corrected chi connectivity index (χ2v) is 3.46. The van der Waals surface area contributed by atoms with Crippen LogP contribution in [0.1, 0.15) is 5.56 Å². The smallest absolute Gasteiger partial charge is 0.316 e. The Kier molecular flexibility index (Phi) is 2.72. The van der Waals surface area contributed by atoms with E-state index >= 15 is 0 Å². The van der Waals surface area contributed by atoms with Crippen molar-refractivity contribution >= 4 is 0 Å². The molecule has 0 fully saturated rings. The quantitative estimate of drug-likeness (QED) is 0.835. The van der Waals surface area contributed by atoms with E-state index in [1.807, 2.05) is 19.1 Å². The number of aromatic hydroxyl groups is 1. The maximum absolute atomic E-state index is 9.42. The molecule has 4 nitrogen and oxygen atoms in total. The first-order valence-electron chi connectivity index (χ1n) is 4.86. The number of ether oxygens (including phenoxy) is 1. The third kappa shape index (κ3) is 1.95. The van der Waals surface area contributed by atoms with Crippen molar-refractivity contribution in [3.05, 3.63) is 36.2 Å². The van der Waals surface area contributed by atoms with Crippen molar-refractivity contribution in [3.63, 3.8) is 0 Å². The molecule has 1 aromatic carbocycles. The fraction of sp³-hybridized carbons (Fsp3) is 0.167. The van der Waals surface area contributed by atoms with Gasteiger partial charge in [0, 0.05) is 18.0 Å². The highest BCUT2D eigenvalue weighted by Gasteiger charge is 2.02. The van der Waals surface area contributed by atoms with Gasteiger partial charge in [-0.15, -0.1) is 0 Å². The van der Waals surface area contributed by atoms with Gasteiger partial charge in [0.1, 0.15) is 5.75 Å². The van der Waals surface area contributed by atoms with Crippen LogP contribution in [-0.2, 0) is 0 Å². The van der Waals surface area contributed by atoms with Gasteiger partial charge in [-0.1, -0.05) is 6.07 Å². The van der Waals surface area contributed by atoms with Crippen molar-refractivity contribution in [1.82, 2.24) is 9.97 Å². The van der Waals surface area contributed by atoms with E-state index in [4.69, 9.17) is 4.74 Å². The Labute approximate surface area is 93.6 Å². The van der Waals surface area contributed by atoms with Gasteiger partial charge in [-0.2, -0.15) is 0 Å². The Bertz CT molecular complexity index is 495. The number of nitrogens with zero attached hydrogens (tertiary/aromatic N) is 2. The minimum atomic E-state index is 0.290. The van der Waals surface area contributed by atoms with Gasteiger partial charge < -0.3 is 9.84 Å². The first-order valence-corrected chi connectivity index (χ1v) is 4.86. The number of methoxy groups -OCH3 is 1. The van der Waals surface area contributed by atoms with Gasteiger partial charge in [-0.25, -0.2) is 9.97 Å². The molecule has 0 bridgehead atoms. The van der Waals surface area contributed by atoms with Gasteiger partial charge in [-0.3, -0.25) is 0 Å². The standard InChI is InChI=1S/C12H12N2O2/c1-8-5-9(3-4-11(8)15)10-6-13-12(16-2)14-7-10/h3-7,15H,1-2H3. The summed E-state index contributed by atoms with van der Waals surface area (Å²) in [6.07, 6.45) is 3.38. The Balaban J connectivity index is 2.38. The van der Waals surface area contributed by atoms with Crippen LogP contribution in [0.15, 0.2) is 30.6 Å². The molecule has 1 aromatic heterocycles. The van der Waals surface area contributed by atoms with Crippen LogP contribution >= 0.6 is 0 Å². The van der Waals surface area contributed by atoms with Crippen molar-refractivity contribution in [1.29, 1.82) is 0 Å². The normalized spacial score (nSPS) is 10.1. The van der Waals surface area contributed by atoms with E-state index in [9.17, 15) is 5.11 Å². The molecular weight excluding hydrogens is 204 g/mol. The largest absolute Gasteiger partial charge is 0.508 e. The number of phenols is 1. The van der Waals surface area contributed by atoms with E-state index in [2.05, 4.69) is 9.97 Å². The lowest BCUT2D eigenvalue weighted by molar-refractivity contribution is 0.380. The van der Waals surface area contributed by atoms with Crippen molar-refractivity contribution < 1.29 is 9.84 Å². The molecule has 2 rings (SSSR count). The topological polar surface area (TPSA) is 55.2 Å². The van der Waals surface area contributed by atoms with Gasteiger partial charge in [0.15, 0.2) is 0 Å². The number of aryl methyl sites for hydroxylation is 1. The first kappa shape index (κ1) is 10.4. The Morgan fingerprint density at radius 1 is 1.12 bits per heavy atom. The summed E-state index contributed by atoms with van der Waals surface area (Å²) in [4.78, 5) is 8.06. The van der Waals surface area contributed by atoms with Crippen LogP contribution in [0.25, 0.3) is 11.1 Å². The Morgan fingerprint density at radius 3 is 2.38 bits per heavy atom. The number of aromatic nitrogens is 2. The minimum absolute atomic E-state index is 0.290. The SMILES string of the molecule is COc1ncc(-c2ccc(O)c(C)c2)cn1. The molecule has 0 spiro atoms. The van der Waals surface area contributed by atoms with Crippen LogP contribution < -0.4 is 4.74 Å². The zero-order valence-electron chi connectivity index (χ0n) is 9.14. The Morgan fingerprint density at radius 2 is 1.81 bits per heavy atom. The number of hydrogen-bond acceptors (Lipinski definition) is 4. The van der Waals surface area contributed by atoms with E-state index in [-0.39, 0.29) is 5.75 Å². The summed E-state index contributed by atoms with van der Waals surface area (Å²) < 4.78 is 4.89. The third-order valence-electron chi connectivity index (χ3n) is 2.34. The van der Waals surface area contributed by atoms with Crippen molar-refractivity contribution in [2.24, 2.45) is 0 Å². The average molecular weight is 216 g/mol. The lowest BCUT2D eigenvalue weighted by Gasteiger charge is -2.04. The molecule has 0 radical (unpaired) electrons. The lowest BCUT2D eigenvalue weighted by atomic mass is 10.1. The molecule has 0 aliphatic carbocycles. The van der Waals surface area contributed by atoms with E-state index in [1.165, 1.54) is 7.11 Å². The maximum Gasteiger partial charge on any atom is 0.316 e. The summed E-state index contributed by atoms with van der Waals surface area (Å²) >= 11 is 0. The zero-order chi connectivity index (χ0) is 11.5. The molecule has 0 amide bonds. The van der Waals surface area contributed by atoms with Crippen LogP contribution in [0.2, 0.25) is 0 Å². The molecule has 0 saturated heterocycles. The first-order chi connectivity index (χ1) is 7.70. The molecule has 0 saturated carbocycles. The molecule has 0 atom stereocenters. The summed E-state index contributed by atoms with van der Waals surface area (Å²) in [5.41, 5.74) is 2.69. The number of phenolic OH excluding ortho intramolecular Hbond substituents is 1. The summed E-state index contributed by atoms with van der Waals surface area (Å²) in [6, 6.07) is 5.72. The molecule has 0 aliphatic heterocycles. The monoisotopic (exact) mass is 216 g/mol. The molecule has 16 heavy (non-hydrogen) atoms. The van der Waals surface area contributed by atoms with E-state index in [1.54, 1.807) is 18.5 Å². The van der Waals surface area contributed by atoms with Crippen LogP contribution in [0, 0.1) is 6.92 Å². The molecule has 1 N–H and O–H groups in total. The Hall–Kier alpha value is -2.10. The highest BCUT2D eigenvalue weighted by atomic mass is 16.5. The van der Waals surface area contributed by atoms with Gasteiger partial charge in [0.05, 0.1) is 7.11 Å². The number of benzene rings is 1. The van der Waals surface area contributed by atoms with Crippen molar-refractivity contribution in [2.75, 3.05) is 7.11 Å². The van der Waals surface area contributed by atoms with Crippen LogP contribution in [0.3, 0.4) is 0 Å². The molecular formula is C12H12N2O2. The zero-order valence-corrected chi connectivity index (χ0v) is 9.14. The highest BCUT2D eigenvalue weighted by molar-refractivity contribution is 5.63. The van der Waals surface area contributed by atoms with Crippen LogP contribution in [-0.4, -0.2) is 22.2 Å². The predicted molar refractivity (Wildman–Crippen MR) is 60.4 cm³/mol. The van der Waals surface area contributed by atoms with Crippen molar-refractivity contribution in [3.8, 4) is 22.9 Å². The second-order valence-electron chi connectivity index (χ2n) is 3.46. The van der Waals surface area contributed by atoms with Crippen LogP contribution in [0.4, 0.5) is 0 Å². The molecule has 0 aliphatic rings. The van der Waals surface area contributed by atoms with Gasteiger partial charge in [-0.05, 0) is 30.2 Å². The number of rotatable bonds is 2. The molecule has 1 heterocycles. The molecule has 82 valence electrons. The van der Waals surface area contributed by atoms with Gasteiger partial charge in [0.2, 0.25) is 0 Å². The fourth-order valence-electron chi connectivity index (χ4n) is 1.41. The average Bonchev–Trinajstić information content (AvgIpc) is 2.33. The molecule has 2 aromatic rings. The lowest BCUT2D eigenvalue weighted by Crippen LogP contribution is -1.91. The van der Waals surface area contributed by atoms with E-state index < -0.39 is 0 Å². The summed E-state index contributed by atoms with van der Waals surface area (Å²) in [5.74, 6) is 0.290. The van der Waals surface area contributed by atoms with Crippen LogP contribution in [0.5, 0.6) is 11.8 Å². The van der Waals surface area contributed by atoms with Gasteiger partial charge in [0.25, 0.3) is 0 Å². The predicted octanol–water partition coefficient (Wildman–Crippen LogP) is 2.17. The number of hydrogen-bond donors (Lipinski definition) is 1. The minimum Gasteiger partial charge on any atom is -0.508 e. The van der Waals surface area contributed by atoms with Gasteiger partial charge >= 0.3 is 6.01 Å². The van der Waals surface area contributed by atoms with Crippen molar-refractivity contribution in [2.45, 2.75) is 6.92 Å². The highest BCUT2D eigenvalue weighted by Crippen LogP contribution is 2.24. The summed E-state index contributed by atoms with van der Waals surface area (Å²) in [6.45, 7) is 1.85. The second kappa shape index (κ2) is 4.18. The maximum atomic E-state index is 9.42. The fourth-order valence-corrected chi connectivity index (χ4v) is 1.41. The third-order valence-corrected chi connectivity index (χ3v) is 2.34. The molecule has 4 heteroatoms. The van der Waals surface area contributed by atoms with E-state index in [0.717, 1.165) is 16.7 Å². The summed E-state index contributed by atoms with van der Waals surface area (Å²) in [5, 5.41) is 9.42.